The summed E-state index contributed by atoms with van der Waals surface area (Å²) < 4.78 is 53.1. The Kier molecular flexibility index (Phi) is 6.34. The molecule has 0 aliphatic carbocycles. The number of halogens is 3. The van der Waals surface area contributed by atoms with Crippen molar-refractivity contribution < 1.29 is 37.0 Å². The summed E-state index contributed by atoms with van der Waals surface area (Å²) in [5.74, 6) is -2.62. The molecule has 0 amide bonds. The van der Waals surface area contributed by atoms with Crippen LogP contribution in [0.1, 0.15) is 12.5 Å². The van der Waals surface area contributed by atoms with Gasteiger partial charge in [-0.2, -0.15) is 13.2 Å². The van der Waals surface area contributed by atoms with E-state index < -0.39 is 29.4 Å². The van der Waals surface area contributed by atoms with Crippen LogP contribution in [0.2, 0.25) is 0 Å². The normalized spacial score (nSPS) is 11.0. The molecule has 1 aromatic carbocycles. The zero-order valence-corrected chi connectivity index (χ0v) is 12.6. The minimum absolute atomic E-state index is 0.0459. The Morgan fingerprint density at radius 1 is 1.21 bits per heavy atom. The van der Waals surface area contributed by atoms with Crippen LogP contribution >= 0.6 is 0 Å². The Morgan fingerprint density at radius 3 is 2.42 bits per heavy atom. The molecule has 0 atom stereocenters. The van der Waals surface area contributed by atoms with Gasteiger partial charge in [0.15, 0.2) is 0 Å². The molecule has 0 aliphatic rings. The molecule has 0 fully saturated rings. The molecule has 128 valence electrons. The molecule has 8 heteroatoms. The molecule has 0 N–H and O–H groups in total. The standard InChI is InChI=1S/C16H13F3O5/c1-4-14(20)23-8-7-22-11-5-6-13(24-15(21)10(2)3)12(9-11)16(17,18)19/h4-9H,1-2H2,3H3/b8-7-. The van der Waals surface area contributed by atoms with Crippen LogP contribution in [0.25, 0.3) is 0 Å². The van der Waals surface area contributed by atoms with Gasteiger partial charge in [0.1, 0.15) is 29.6 Å². The summed E-state index contributed by atoms with van der Waals surface area (Å²) in [6.45, 7) is 7.76. The highest BCUT2D eigenvalue weighted by molar-refractivity contribution is 5.89. The summed E-state index contributed by atoms with van der Waals surface area (Å²) in [7, 11) is 0. The molecule has 0 saturated heterocycles. The molecular weight excluding hydrogens is 329 g/mol. The Morgan fingerprint density at radius 2 is 1.88 bits per heavy atom. The number of rotatable bonds is 6. The lowest BCUT2D eigenvalue weighted by Gasteiger charge is -2.14. The Bertz CT molecular complexity index is 689. The smallest absolute Gasteiger partial charge is 0.420 e. The minimum atomic E-state index is -4.77. The zero-order chi connectivity index (χ0) is 18.3. The van der Waals surface area contributed by atoms with Crippen molar-refractivity contribution in [3.63, 3.8) is 0 Å². The maximum Gasteiger partial charge on any atom is 0.420 e. The first-order valence-corrected chi connectivity index (χ1v) is 6.38. The zero-order valence-electron chi connectivity index (χ0n) is 12.6. The van der Waals surface area contributed by atoms with Gasteiger partial charge >= 0.3 is 18.1 Å². The number of hydrogen-bond donors (Lipinski definition) is 0. The Labute approximate surface area is 135 Å². The molecule has 0 aliphatic heterocycles. The maximum atomic E-state index is 13.1. The van der Waals surface area contributed by atoms with Crippen molar-refractivity contribution in [2.24, 2.45) is 0 Å². The highest BCUT2D eigenvalue weighted by Gasteiger charge is 2.35. The van der Waals surface area contributed by atoms with Crippen LogP contribution in [-0.2, 0) is 20.5 Å². The fourth-order valence-electron chi connectivity index (χ4n) is 1.33. The van der Waals surface area contributed by atoms with Crippen LogP contribution in [-0.4, -0.2) is 11.9 Å². The van der Waals surface area contributed by atoms with Crippen molar-refractivity contribution in [1.29, 1.82) is 0 Å². The van der Waals surface area contributed by atoms with Crippen molar-refractivity contribution in [1.82, 2.24) is 0 Å². The first-order valence-electron chi connectivity index (χ1n) is 6.38. The van der Waals surface area contributed by atoms with Gasteiger partial charge in [-0.15, -0.1) is 0 Å². The van der Waals surface area contributed by atoms with Gasteiger partial charge in [0, 0.05) is 11.6 Å². The highest BCUT2D eigenvalue weighted by Crippen LogP contribution is 2.38. The van der Waals surface area contributed by atoms with Gasteiger partial charge in [-0.3, -0.25) is 0 Å². The van der Waals surface area contributed by atoms with E-state index in [0.717, 1.165) is 30.7 Å². The quantitative estimate of drug-likeness (QED) is 0.341. The van der Waals surface area contributed by atoms with Crippen LogP contribution in [0, 0.1) is 0 Å². The SMILES string of the molecule is C=CC(=O)O/C=C\Oc1ccc(OC(=O)C(=C)C)c(C(F)(F)F)c1. The van der Waals surface area contributed by atoms with Crippen LogP contribution in [0.4, 0.5) is 13.2 Å². The molecule has 0 bridgehead atoms. The van der Waals surface area contributed by atoms with E-state index in [1.165, 1.54) is 6.92 Å². The largest absolute Gasteiger partial charge is 0.462 e. The van der Waals surface area contributed by atoms with Gasteiger partial charge < -0.3 is 14.2 Å². The van der Waals surface area contributed by atoms with Gasteiger partial charge in [-0.1, -0.05) is 13.2 Å². The maximum absolute atomic E-state index is 13.1. The summed E-state index contributed by atoms with van der Waals surface area (Å²) in [6, 6.07) is 2.72. The molecule has 0 radical (unpaired) electrons. The van der Waals surface area contributed by atoms with E-state index in [4.69, 9.17) is 4.74 Å². The van der Waals surface area contributed by atoms with E-state index >= 15 is 0 Å². The molecule has 0 unspecified atom stereocenters. The molecular formula is C16H13F3O5. The number of esters is 2. The van der Waals surface area contributed by atoms with Gasteiger partial charge in [0.25, 0.3) is 0 Å². The second-order valence-electron chi connectivity index (χ2n) is 4.36. The molecule has 0 spiro atoms. The second-order valence-corrected chi connectivity index (χ2v) is 4.36. The minimum Gasteiger partial charge on any atom is -0.462 e. The van der Waals surface area contributed by atoms with Crippen LogP contribution in [0.5, 0.6) is 11.5 Å². The highest BCUT2D eigenvalue weighted by atomic mass is 19.4. The fraction of sp³-hybridized carbons (Fsp3) is 0.125. The van der Waals surface area contributed by atoms with Crippen molar-refractivity contribution in [3.05, 3.63) is 61.1 Å². The number of carbonyl (C=O) groups excluding carboxylic acids is 2. The molecule has 5 nitrogen and oxygen atoms in total. The Hall–Kier alpha value is -3.03. The molecule has 0 heterocycles. The third kappa shape index (κ3) is 5.64. The van der Waals surface area contributed by atoms with Gasteiger partial charge in [-0.25, -0.2) is 9.59 Å². The molecule has 0 saturated carbocycles. The van der Waals surface area contributed by atoms with E-state index in [1.54, 1.807) is 0 Å². The molecule has 1 rings (SSSR count). The number of hydrogen-bond acceptors (Lipinski definition) is 5. The van der Waals surface area contributed by atoms with Crippen LogP contribution in [0.3, 0.4) is 0 Å². The van der Waals surface area contributed by atoms with Crippen LogP contribution < -0.4 is 9.47 Å². The first-order chi connectivity index (χ1) is 11.1. The van der Waals surface area contributed by atoms with Crippen LogP contribution in [0.15, 0.2) is 55.5 Å². The average molecular weight is 342 g/mol. The summed E-state index contributed by atoms with van der Waals surface area (Å²) >= 11 is 0. The van der Waals surface area contributed by atoms with E-state index in [0.29, 0.717) is 6.07 Å². The average Bonchev–Trinajstić information content (AvgIpc) is 2.51. The summed E-state index contributed by atoms with van der Waals surface area (Å²) in [4.78, 5) is 22.2. The van der Waals surface area contributed by atoms with Gasteiger partial charge in [0.2, 0.25) is 0 Å². The van der Waals surface area contributed by atoms with Gasteiger partial charge in [-0.05, 0) is 25.1 Å². The lowest BCUT2D eigenvalue weighted by Crippen LogP contribution is -2.14. The first kappa shape index (κ1) is 19.0. The number of benzene rings is 1. The predicted molar refractivity (Wildman–Crippen MR) is 78.0 cm³/mol. The third-order valence-corrected chi connectivity index (χ3v) is 2.42. The monoisotopic (exact) mass is 342 g/mol. The third-order valence-electron chi connectivity index (χ3n) is 2.42. The van der Waals surface area contributed by atoms with E-state index in [1.807, 2.05) is 0 Å². The summed E-state index contributed by atoms with van der Waals surface area (Å²) in [6.07, 6.45) is -2.16. The van der Waals surface area contributed by atoms with E-state index in [2.05, 4.69) is 22.6 Å². The topological polar surface area (TPSA) is 61.8 Å². The Balaban J connectivity index is 2.98. The molecule has 0 aromatic heterocycles. The lowest BCUT2D eigenvalue weighted by atomic mass is 10.2. The number of carbonyl (C=O) groups is 2. The number of ether oxygens (including phenoxy) is 3. The predicted octanol–water partition coefficient (Wildman–Crippen LogP) is 3.77. The van der Waals surface area contributed by atoms with Gasteiger partial charge in [0.05, 0.1) is 0 Å². The van der Waals surface area contributed by atoms with E-state index in [-0.39, 0.29) is 11.3 Å². The van der Waals surface area contributed by atoms with Crippen molar-refractivity contribution in [2.75, 3.05) is 0 Å². The van der Waals surface area contributed by atoms with Crippen molar-refractivity contribution in [2.45, 2.75) is 13.1 Å². The summed E-state index contributed by atoms with van der Waals surface area (Å²) in [5.41, 5.74) is -1.25. The second kappa shape index (κ2) is 8.00. The fourth-order valence-corrected chi connectivity index (χ4v) is 1.33. The lowest BCUT2D eigenvalue weighted by molar-refractivity contribution is -0.141. The van der Waals surface area contributed by atoms with Crippen molar-refractivity contribution >= 4 is 11.9 Å². The molecule has 1 aromatic rings. The summed E-state index contributed by atoms with van der Waals surface area (Å²) in [5, 5.41) is 0. The molecule has 24 heavy (non-hydrogen) atoms. The van der Waals surface area contributed by atoms with Crippen molar-refractivity contribution in [3.8, 4) is 11.5 Å². The van der Waals surface area contributed by atoms with E-state index in [9.17, 15) is 22.8 Å². The number of alkyl halides is 3.